The number of carbonyl (C=O) groups excluding carboxylic acids is 1. The van der Waals surface area contributed by atoms with E-state index in [0.29, 0.717) is 23.8 Å². The van der Waals surface area contributed by atoms with Gasteiger partial charge < -0.3 is 26.2 Å². The maximum Gasteiger partial charge on any atom is 0.266 e. The summed E-state index contributed by atoms with van der Waals surface area (Å²) in [6.45, 7) is 0.991. The largest absolute Gasteiger partial charge is 0.368 e. The third kappa shape index (κ3) is 6.79. The van der Waals surface area contributed by atoms with E-state index in [9.17, 15) is 18.4 Å². The fourth-order valence-corrected chi connectivity index (χ4v) is 5.43. The molecule has 1 unspecified atom stereocenters. The smallest absolute Gasteiger partial charge is 0.266 e. The Kier molecular flexibility index (Phi) is 8.63. The number of amides is 1. The van der Waals surface area contributed by atoms with Gasteiger partial charge in [0, 0.05) is 38.4 Å². The number of hydrogen-bond donors (Lipinski definition) is 3. The van der Waals surface area contributed by atoms with Gasteiger partial charge in [0.15, 0.2) is 17.5 Å². The zero-order valence-corrected chi connectivity index (χ0v) is 26.0. The average Bonchev–Trinajstić information content (AvgIpc) is 3.57. The molecule has 2 aromatic carbocycles. The Morgan fingerprint density at radius 2 is 1.81 bits per heavy atom. The number of anilines is 4. The van der Waals surface area contributed by atoms with E-state index in [-0.39, 0.29) is 30.6 Å². The molecule has 5 aromatic rings. The first kappa shape index (κ1) is 31.3. The third-order valence-electron chi connectivity index (χ3n) is 7.83. The Balaban J connectivity index is 1.10. The number of fused-ring (bicyclic) bond motifs is 1. The second-order valence-electron chi connectivity index (χ2n) is 11.6. The molecule has 13 nitrogen and oxygen atoms in total. The molecule has 242 valence electrons. The van der Waals surface area contributed by atoms with Gasteiger partial charge in [0.2, 0.25) is 11.9 Å². The second kappa shape index (κ2) is 13.0. The van der Waals surface area contributed by atoms with Crippen LogP contribution in [0.4, 0.5) is 32.1 Å². The van der Waals surface area contributed by atoms with Gasteiger partial charge in [0.1, 0.15) is 5.56 Å². The molecule has 1 aliphatic heterocycles. The van der Waals surface area contributed by atoms with Crippen molar-refractivity contribution in [3.05, 3.63) is 111 Å². The number of nitrogens with one attached hydrogen (secondary N) is 2. The number of benzene rings is 2. The lowest BCUT2D eigenvalue weighted by atomic mass is 10.2. The normalized spacial score (nSPS) is 14.0. The van der Waals surface area contributed by atoms with E-state index in [2.05, 4.69) is 30.6 Å². The maximum atomic E-state index is 13.6. The number of aromatic nitrogens is 6. The minimum Gasteiger partial charge on any atom is -0.368 e. The number of nitrogens with two attached hydrogens (primary N) is 1. The number of halogens is 2. The van der Waals surface area contributed by atoms with Crippen LogP contribution in [-0.2, 0) is 19.5 Å². The van der Waals surface area contributed by atoms with E-state index in [4.69, 9.17) is 10.7 Å². The Bertz CT molecular complexity index is 1990. The van der Waals surface area contributed by atoms with E-state index >= 15 is 0 Å². The molecule has 0 saturated carbocycles. The summed E-state index contributed by atoms with van der Waals surface area (Å²) in [4.78, 5) is 43.3. The van der Waals surface area contributed by atoms with Crippen molar-refractivity contribution in [2.45, 2.75) is 25.6 Å². The Morgan fingerprint density at radius 3 is 2.55 bits per heavy atom. The van der Waals surface area contributed by atoms with Crippen molar-refractivity contribution >= 4 is 29.2 Å². The minimum atomic E-state index is -1.02. The van der Waals surface area contributed by atoms with Crippen LogP contribution in [0.25, 0.3) is 5.82 Å². The lowest BCUT2D eigenvalue weighted by Crippen LogP contribution is -2.42. The highest BCUT2D eigenvalue weighted by Crippen LogP contribution is 2.30. The number of pyridine rings is 1. The predicted octanol–water partition coefficient (Wildman–Crippen LogP) is 2.72. The summed E-state index contributed by atoms with van der Waals surface area (Å²) in [5.41, 5.74) is 9.48. The molecule has 3 aromatic heterocycles. The molecule has 1 amide bonds. The van der Waals surface area contributed by atoms with Crippen LogP contribution >= 0.6 is 0 Å². The highest BCUT2D eigenvalue weighted by atomic mass is 19.2. The molecule has 4 N–H and O–H groups in total. The molecule has 0 saturated heterocycles. The summed E-state index contributed by atoms with van der Waals surface area (Å²) >= 11 is 0. The second-order valence-corrected chi connectivity index (χ2v) is 11.6. The van der Waals surface area contributed by atoms with Crippen molar-refractivity contribution in [1.82, 2.24) is 39.5 Å². The molecule has 0 bridgehead atoms. The highest BCUT2D eigenvalue weighted by molar-refractivity contribution is 5.93. The standard InChI is InChI=1S/C32H33F2N11O2/c1-42(2)16-19-4-7-21(8-5-19)38-32-40-31(35)45(41-32)28-11-10-27-26(39-28)13-22(43(27)3)14-37-29(46)23-15-36-18-44(30(23)47)17-20-6-9-24(33)25(34)12-20/h4-12,15,18,22H,13-14,16-17H2,1-3H3,(H,37,46)(H3,35,38,40,41). The number of likely N-dealkylation sites (N-methyl/N-ethyl adjacent to an activating group) is 1. The number of nitrogen functional groups attached to an aromatic ring is 1. The zero-order chi connectivity index (χ0) is 33.2. The fourth-order valence-electron chi connectivity index (χ4n) is 5.43. The summed E-state index contributed by atoms with van der Waals surface area (Å²) in [5.74, 6) is -1.60. The molecule has 15 heteroatoms. The van der Waals surface area contributed by atoms with Crippen molar-refractivity contribution in [3.63, 3.8) is 0 Å². The van der Waals surface area contributed by atoms with Crippen LogP contribution in [0, 0.1) is 11.6 Å². The quantitative estimate of drug-likeness (QED) is 0.208. The molecule has 47 heavy (non-hydrogen) atoms. The van der Waals surface area contributed by atoms with E-state index < -0.39 is 23.1 Å². The first-order chi connectivity index (χ1) is 22.5. The van der Waals surface area contributed by atoms with Crippen molar-refractivity contribution in [3.8, 4) is 5.82 Å². The van der Waals surface area contributed by atoms with Gasteiger partial charge >= 0.3 is 0 Å². The van der Waals surface area contributed by atoms with Gasteiger partial charge in [-0.25, -0.2) is 18.7 Å². The van der Waals surface area contributed by atoms with Crippen molar-refractivity contribution in [2.24, 2.45) is 0 Å². The van der Waals surface area contributed by atoms with Crippen molar-refractivity contribution in [2.75, 3.05) is 43.6 Å². The van der Waals surface area contributed by atoms with Gasteiger partial charge in [-0.15, -0.1) is 5.10 Å². The molecule has 0 radical (unpaired) electrons. The molecule has 1 atom stereocenters. The summed E-state index contributed by atoms with van der Waals surface area (Å²) in [6, 6.07) is 14.9. The molecule has 0 spiro atoms. The summed E-state index contributed by atoms with van der Waals surface area (Å²) in [7, 11) is 5.94. The number of rotatable bonds is 10. The molecule has 6 rings (SSSR count). The van der Waals surface area contributed by atoms with Crippen LogP contribution in [-0.4, -0.2) is 73.8 Å². The van der Waals surface area contributed by atoms with Gasteiger partial charge in [-0.2, -0.15) is 9.67 Å². The number of carbonyl (C=O) groups is 1. The molecule has 4 heterocycles. The van der Waals surface area contributed by atoms with E-state index in [1.165, 1.54) is 33.4 Å². The zero-order valence-electron chi connectivity index (χ0n) is 26.0. The lowest BCUT2D eigenvalue weighted by Gasteiger charge is -2.22. The monoisotopic (exact) mass is 641 g/mol. The van der Waals surface area contributed by atoms with Crippen LogP contribution in [0.15, 0.2) is 71.9 Å². The topological polar surface area (TPSA) is 152 Å². The Labute approximate surface area is 268 Å². The van der Waals surface area contributed by atoms with Crippen LogP contribution in [0.3, 0.4) is 0 Å². The van der Waals surface area contributed by atoms with Gasteiger partial charge in [-0.3, -0.25) is 14.2 Å². The van der Waals surface area contributed by atoms with Crippen molar-refractivity contribution < 1.29 is 13.6 Å². The third-order valence-corrected chi connectivity index (χ3v) is 7.83. The molecule has 0 fully saturated rings. The van der Waals surface area contributed by atoms with E-state index in [1.807, 2.05) is 56.4 Å². The highest BCUT2D eigenvalue weighted by Gasteiger charge is 2.29. The van der Waals surface area contributed by atoms with Gasteiger partial charge in [0.05, 0.1) is 30.3 Å². The van der Waals surface area contributed by atoms with Crippen LogP contribution in [0.2, 0.25) is 0 Å². The maximum absolute atomic E-state index is 13.6. The van der Waals surface area contributed by atoms with Crippen LogP contribution < -0.4 is 26.8 Å². The first-order valence-electron chi connectivity index (χ1n) is 14.8. The van der Waals surface area contributed by atoms with E-state index in [1.54, 1.807) is 6.07 Å². The summed E-state index contributed by atoms with van der Waals surface area (Å²) < 4.78 is 29.6. The summed E-state index contributed by atoms with van der Waals surface area (Å²) in [6.07, 6.45) is 2.95. The predicted molar refractivity (Wildman–Crippen MR) is 173 cm³/mol. The van der Waals surface area contributed by atoms with Gasteiger partial charge in [-0.1, -0.05) is 18.2 Å². The van der Waals surface area contributed by atoms with Crippen LogP contribution in [0.1, 0.15) is 27.2 Å². The Hall–Kier alpha value is -5.70. The van der Waals surface area contributed by atoms with Crippen LogP contribution in [0.5, 0.6) is 0 Å². The molecule has 0 aliphatic carbocycles. The number of hydrogen-bond acceptors (Lipinski definition) is 10. The first-order valence-corrected chi connectivity index (χ1v) is 14.8. The van der Waals surface area contributed by atoms with E-state index in [0.717, 1.165) is 35.7 Å². The number of nitrogens with zero attached hydrogens (tertiary/aromatic N) is 8. The summed E-state index contributed by atoms with van der Waals surface area (Å²) in [5, 5.41) is 10.5. The fraction of sp³-hybridized carbons (Fsp3) is 0.250. The Morgan fingerprint density at radius 1 is 1.04 bits per heavy atom. The van der Waals surface area contributed by atoms with Gasteiger partial charge in [-0.05, 0) is 61.6 Å². The molecular weight excluding hydrogens is 608 g/mol. The molecular formula is C32H33F2N11O2. The molecule has 1 aliphatic rings. The van der Waals surface area contributed by atoms with Gasteiger partial charge in [0.25, 0.3) is 11.5 Å². The minimum absolute atomic E-state index is 0.0726. The van der Waals surface area contributed by atoms with Crippen molar-refractivity contribution in [1.29, 1.82) is 0 Å². The lowest BCUT2D eigenvalue weighted by molar-refractivity contribution is 0.0948. The SMILES string of the molecule is CN(C)Cc1ccc(Nc2nc(N)n(-c3ccc4c(n3)CC(CNC(=O)c3cncn(Cc5ccc(F)c(F)c5)c3=O)N4C)n2)cc1. The average molecular weight is 642 g/mol.